The minimum absolute atomic E-state index is 1.23. The summed E-state index contributed by atoms with van der Waals surface area (Å²) < 4.78 is 0. The Labute approximate surface area is 64.0 Å². The van der Waals surface area contributed by atoms with E-state index in [1.54, 1.807) is 6.08 Å². The molecule has 10 heavy (non-hydrogen) atoms. The monoisotopic (exact) mass is 136 g/mol. The van der Waals surface area contributed by atoms with Crippen molar-refractivity contribution in [1.82, 2.24) is 0 Å². The predicted octanol–water partition coefficient (Wildman–Crippen LogP) is 3.48. The fraction of sp³-hybridized carbons (Fsp3) is 0.400. The van der Waals surface area contributed by atoms with Gasteiger partial charge < -0.3 is 0 Å². The van der Waals surface area contributed by atoms with E-state index >= 15 is 0 Å². The van der Waals surface area contributed by atoms with E-state index in [1.807, 2.05) is 6.92 Å². The first-order valence-corrected chi connectivity index (χ1v) is 3.71. The van der Waals surface area contributed by atoms with Crippen molar-refractivity contribution in [3.8, 4) is 0 Å². The van der Waals surface area contributed by atoms with Gasteiger partial charge in [0.05, 0.1) is 0 Å². The van der Waals surface area contributed by atoms with Crippen LogP contribution in [0.5, 0.6) is 0 Å². The average Bonchev–Trinajstić information content (AvgIpc) is 1.91. The molecule has 0 unspecified atom stereocenters. The first kappa shape index (κ1) is 9.22. The predicted molar refractivity (Wildman–Crippen MR) is 48.0 cm³/mol. The Balaban J connectivity index is 0.000000236. The topological polar surface area (TPSA) is 0 Å². The van der Waals surface area contributed by atoms with Gasteiger partial charge in [0.1, 0.15) is 0 Å². The summed E-state index contributed by atoms with van der Waals surface area (Å²) in [6, 6.07) is 0. The molecule has 0 saturated carbocycles. The molecule has 0 nitrogen and oxygen atoms in total. The molecule has 0 spiro atoms. The van der Waals surface area contributed by atoms with Gasteiger partial charge in [0.15, 0.2) is 0 Å². The van der Waals surface area contributed by atoms with E-state index in [9.17, 15) is 0 Å². The van der Waals surface area contributed by atoms with Crippen LogP contribution in [-0.4, -0.2) is 0 Å². The molecule has 1 rings (SSSR count). The molecule has 0 saturated heterocycles. The molecule has 0 aliphatic heterocycles. The lowest BCUT2D eigenvalue weighted by atomic mass is 10.1. The van der Waals surface area contributed by atoms with E-state index in [0.29, 0.717) is 0 Å². The normalized spacial score (nSPS) is 14.8. The molecule has 56 valence electrons. The molecule has 0 bridgehead atoms. The molecule has 0 aromatic rings. The van der Waals surface area contributed by atoms with Crippen LogP contribution in [-0.2, 0) is 0 Å². The molecule has 1 aliphatic rings. The van der Waals surface area contributed by atoms with Gasteiger partial charge in [0.25, 0.3) is 0 Å². The van der Waals surface area contributed by atoms with Crippen molar-refractivity contribution >= 4 is 0 Å². The standard InChI is InChI=1S/C7H10.C3H6/c1-7-5-3-2-4-6-7;1-3-2/h3,5-6H,2,4H2,1H3;3H,1H2,2H3. The maximum absolute atomic E-state index is 3.36. The number of hydrogen-bond donors (Lipinski definition) is 0. The van der Waals surface area contributed by atoms with Crippen LogP contribution in [0.25, 0.3) is 0 Å². The Morgan fingerprint density at radius 2 is 2.10 bits per heavy atom. The summed E-state index contributed by atoms with van der Waals surface area (Å²) in [4.78, 5) is 0. The second-order valence-electron chi connectivity index (χ2n) is 2.34. The zero-order chi connectivity index (χ0) is 7.82. The van der Waals surface area contributed by atoms with Gasteiger partial charge in [0.2, 0.25) is 0 Å². The van der Waals surface area contributed by atoms with Crippen molar-refractivity contribution in [3.63, 3.8) is 0 Å². The highest BCUT2D eigenvalue weighted by molar-refractivity contribution is 5.18. The Bertz CT molecular complexity index is 138. The summed E-state index contributed by atoms with van der Waals surface area (Å²) in [5, 5.41) is 0. The molecule has 0 fully saturated rings. The fourth-order valence-electron chi connectivity index (χ4n) is 0.744. The van der Waals surface area contributed by atoms with Gasteiger partial charge in [-0.2, -0.15) is 0 Å². The maximum Gasteiger partial charge on any atom is -0.0310 e. The summed E-state index contributed by atoms with van der Waals surface area (Å²) in [7, 11) is 0. The lowest BCUT2D eigenvalue weighted by Crippen LogP contribution is -1.76. The molecule has 0 aromatic carbocycles. The van der Waals surface area contributed by atoms with Gasteiger partial charge in [0, 0.05) is 0 Å². The Morgan fingerprint density at radius 1 is 1.50 bits per heavy atom. The Morgan fingerprint density at radius 3 is 2.30 bits per heavy atom. The van der Waals surface area contributed by atoms with E-state index in [-0.39, 0.29) is 0 Å². The van der Waals surface area contributed by atoms with Crippen LogP contribution >= 0.6 is 0 Å². The number of rotatable bonds is 0. The van der Waals surface area contributed by atoms with Crippen molar-refractivity contribution in [2.45, 2.75) is 26.7 Å². The molecular weight excluding hydrogens is 120 g/mol. The van der Waals surface area contributed by atoms with Crippen molar-refractivity contribution < 1.29 is 0 Å². The zero-order valence-corrected chi connectivity index (χ0v) is 6.93. The number of allylic oxidation sites excluding steroid dienone is 5. The van der Waals surface area contributed by atoms with E-state index < -0.39 is 0 Å². The summed E-state index contributed by atoms with van der Waals surface area (Å²) in [6.45, 7) is 7.38. The highest BCUT2D eigenvalue weighted by atomic mass is 13.9. The van der Waals surface area contributed by atoms with Crippen LogP contribution in [0.3, 0.4) is 0 Å². The molecule has 0 N–H and O–H groups in total. The SMILES string of the molecule is C=CC.CC1=CCCC=C1. The van der Waals surface area contributed by atoms with Crippen LogP contribution in [0.15, 0.2) is 36.5 Å². The zero-order valence-electron chi connectivity index (χ0n) is 6.93. The summed E-state index contributed by atoms with van der Waals surface area (Å²) in [5.41, 5.74) is 1.41. The highest BCUT2D eigenvalue weighted by Crippen LogP contribution is 2.06. The van der Waals surface area contributed by atoms with Gasteiger partial charge in [-0.05, 0) is 26.7 Å². The van der Waals surface area contributed by atoms with Gasteiger partial charge >= 0.3 is 0 Å². The van der Waals surface area contributed by atoms with E-state index in [1.165, 1.54) is 18.4 Å². The quantitative estimate of drug-likeness (QED) is 0.447. The summed E-state index contributed by atoms with van der Waals surface area (Å²) >= 11 is 0. The van der Waals surface area contributed by atoms with Crippen LogP contribution in [0.1, 0.15) is 26.7 Å². The van der Waals surface area contributed by atoms with Crippen molar-refractivity contribution in [3.05, 3.63) is 36.5 Å². The Kier molecular flexibility index (Phi) is 5.85. The highest BCUT2D eigenvalue weighted by Gasteiger charge is 1.86. The van der Waals surface area contributed by atoms with Crippen LogP contribution in [0, 0.1) is 0 Å². The average molecular weight is 136 g/mol. The lowest BCUT2D eigenvalue weighted by Gasteiger charge is -1.96. The van der Waals surface area contributed by atoms with Gasteiger partial charge in [-0.15, -0.1) is 6.58 Å². The smallest absolute Gasteiger partial charge is 0.0310 e. The van der Waals surface area contributed by atoms with Crippen molar-refractivity contribution in [1.29, 1.82) is 0 Å². The van der Waals surface area contributed by atoms with Crippen molar-refractivity contribution in [2.24, 2.45) is 0 Å². The van der Waals surface area contributed by atoms with E-state index in [0.717, 1.165) is 0 Å². The maximum atomic E-state index is 3.36. The van der Waals surface area contributed by atoms with Crippen molar-refractivity contribution in [2.75, 3.05) is 0 Å². The van der Waals surface area contributed by atoms with Crippen LogP contribution in [0.2, 0.25) is 0 Å². The van der Waals surface area contributed by atoms with Crippen LogP contribution < -0.4 is 0 Å². The van der Waals surface area contributed by atoms with E-state index in [4.69, 9.17) is 0 Å². The molecule has 0 radical (unpaired) electrons. The molecule has 1 aliphatic carbocycles. The minimum atomic E-state index is 1.23. The summed E-state index contributed by atoms with van der Waals surface area (Å²) in [5.74, 6) is 0. The molecule has 0 amide bonds. The summed E-state index contributed by atoms with van der Waals surface area (Å²) in [6.07, 6.45) is 10.9. The molecule has 0 heterocycles. The van der Waals surface area contributed by atoms with Crippen LogP contribution in [0.4, 0.5) is 0 Å². The third-order valence-corrected chi connectivity index (χ3v) is 1.18. The second kappa shape index (κ2) is 6.34. The first-order chi connectivity index (χ1) is 4.81. The van der Waals surface area contributed by atoms with Gasteiger partial charge in [-0.25, -0.2) is 0 Å². The lowest BCUT2D eigenvalue weighted by molar-refractivity contribution is 1.02. The first-order valence-electron chi connectivity index (χ1n) is 3.71. The molecular formula is C10H16. The van der Waals surface area contributed by atoms with Gasteiger partial charge in [-0.1, -0.05) is 29.9 Å². The minimum Gasteiger partial charge on any atom is -0.103 e. The molecule has 0 aromatic heterocycles. The fourth-order valence-corrected chi connectivity index (χ4v) is 0.744. The largest absolute Gasteiger partial charge is 0.103 e. The van der Waals surface area contributed by atoms with Gasteiger partial charge in [-0.3, -0.25) is 0 Å². The third kappa shape index (κ3) is 5.36. The molecule has 0 heteroatoms. The Hall–Kier alpha value is -0.780. The third-order valence-electron chi connectivity index (χ3n) is 1.18. The molecule has 0 atom stereocenters. The van der Waals surface area contributed by atoms with E-state index in [2.05, 4.69) is 31.7 Å². The number of hydrogen-bond acceptors (Lipinski definition) is 0. The second-order valence-corrected chi connectivity index (χ2v) is 2.34.